The van der Waals surface area contributed by atoms with E-state index in [1.165, 1.54) is 55.5 Å². The second-order valence-corrected chi connectivity index (χ2v) is 14.4. The first-order chi connectivity index (χ1) is 26.3. The van der Waals surface area contributed by atoms with Crippen molar-refractivity contribution in [3.05, 3.63) is 191 Å². The molecule has 264 valence electrons. The summed E-state index contributed by atoms with van der Waals surface area (Å²) in [7, 11) is 0. The fraction of sp³-hybridized carbons (Fsp3) is 0.120. The Morgan fingerprint density at radius 3 is 1.52 bits per heavy atom. The van der Waals surface area contributed by atoms with E-state index in [0.29, 0.717) is 0 Å². The van der Waals surface area contributed by atoms with Crippen LogP contribution in [0.3, 0.4) is 0 Å². The van der Waals surface area contributed by atoms with E-state index in [1.54, 1.807) is 0 Å². The van der Waals surface area contributed by atoms with E-state index in [1.807, 2.05) is 30.6 Å². The topological polar surface area (TPSA) is 32.3 Å². The molecule has 4 heteroatoms. The average Bonchev–Trinajstić information content (AvgIpc) is 3.18. The Hall–Kier alpha value is -6.52. The Balaban J connectivity index is 1.36. The van der Waals surface area contributed by atoms with Crippen molar-refractivity contribution in [2.24, 2.45) is 0 Å². The Morgan fingerprint density at radius 2 is 0.944 bits per heavy atom. The second kappa shape index (κ2) is 14.5. The number of rotatable bonds is 8. The largest absolute Gasteiger partial charge is 0.309 e. The van der Waals surface area contributed by atoms with Crippen molar-refractivity contribution >= 4 is 45.0 Å². The summed E-state index contributed by atoms with van der Waals surface area (Å²) in [6.45, 7) is 13.2. The lowest BCUT2D eigenvalue weighted by Crippen LogP contribution is -2.17. The van der Waals surface area contributed by atoms with Gasteiger partial charge in [-0.05, 0) is 110 Å². The van der Waals surface area contributed by atoms with Crippen LogP contribution in [0.15, 0.2) is 158 Å². The number of nitrogens with zero attached hydrogens (tertiary/aromatic N) is 4. The maximum atomic E-state index is 5.28. The van der Waals surface area contributed by atoms with Crippen LogP contribution in [0.4, 0.5) is 34.3 Å². The smallest absolute Gasteiger partial charge is 0.156 e. The highest BCUT2D eigenvalue weighted by Crippen LogP contribution is 2.46. The molecule has 0 aliphatic carbocycles. The van der Waals surface area contributed by atoms with E-state index >= 15 is 0 Å². The van der Waals surface area contributed by atoms with E-state index in [0.717, 1.165) is 45.3 Å². The summed E-state index contributed by atoms with van der Waals surface area (Å²) in [5.41, 5.74) is 17.2. The number of fused-ring (bicyclic) bond motifs is 1. The van der Waals surface area contributed by atoms with Gasteiger partial charge in [-0.3, -0.25) is 9.88 Å². The van der Waals surface area contributed by atoms with Crippen LogP contribution >= 0.6 is 0 Å². The molecule has 0 saturated carbocycles. The normalized spacial score (nSPS) is 11.1. The molecule has 0 unspecified atom stereocenters. The zero-order chi connectivity index (χ0) is 37.3. The van der Waals surface area contributed by atoms with Gasteiger partial charge in [0.1, 0.15) is 0 Å². The van der Waals surface area contributed by atoms with E-state index in [4.69, 9.17) is 9.97 Å². The van der Waals surface area contributed by atoms with Crippen molar-refractivity contribution in [2.45, 2.75) is 41.5 Å². The van der Waals surface area contributed by atoms with Crippen molar-refractivity contribution in [3.8, 4) is 22.4 Å². The van der Waals surface area contributed by atoms with Gasteiger partial charge in [0.05, 0.1) is 35.1 Å². The van der Waals surface area contributed by atoms with Crippen LogP contribution in [0.5, 0.6) is 0 Å². The lowest BCUT2D eigenvalue weighted by Gasteiger charge is -2.33. The van der Waals surface area contributed by atoms with Crippen LogP contribution in [0.25, 0.3) is 33.2 Å². The summed E-state index contributed by atoms with van der Waals surface area (Å²) >= 11 is 0. The van der Waals surface area contributed by atoms with Gasteiger partial charge in [0, 0.05) is 22.5 Å². The molecule has 0 aliphatic rings. The SMILES string of the molecule is Cc1cc(C)c(N(c2ccc(N(c3cncc(-c4ccccc4)n3)c3ccc4ccccc4c3-c3ccccc3)cc2)c2c(C)cc(C)cc2C)c(C)c1. The summed E-state index contributed by atoms with van der Waals surface area (Å²) in [5, 5.41) is 2.36. The molecule has 0 bridgehead atoms. The third-order valence-electron chi connectivity index (χ3n) is 10.2. The van der Waals surface area contributed by atoms with Crippen LogP contribution in [0.2, 0.25) is 0 Å². The van der Waals surface area contributed by atoms with Gasteiger partial charge < -0.3 is 4.90 Å². The molecule has 0 N–H and O–H groups in total. The number of aryl methyl sites for hydroxylation is 6. The molecule has 0 aliphatic heterocycles. The second-order valence-electron chi connectivity index (χ2n) is 14.4. The number of hydrogen-bond acceptors (Lipinski definition) is 4. The number of benzene rings is 7. The monoisotopic (exact) mass is 700 g/mol. The van der Waals surface area contributed by atoms with Gasteiger partial charge in [-0.1, -0.05) is 126 Å². The Morgan fingerprint density at radius 1 is 0.444 bits per heavy atom. The molecule has 0 radical (unpaired) electrons. The van der Waals surface area contributed by atoms with Crippen molar-refractivity contribution in [1.82, 2.24) is 9.97 Å². The third kappa shape index (κ3) is 6.52. The maximum Gasteiger partial charge on any atom is 0.156 e. The molecule has 54 heavy (non-hydrogen) atoms. The summed E-state index contributed by atoms with van der Waals surface area (Å²) in [5.74, 6) is 0.740. The molecule has 8 rings (SSSR count). The lowest BCUT2D eigenvalue weighted by molar-refractivity contribution is 1.13. The summed E-state index contributed by atoms with van der Waals surface area (Å²) in [6, 6.07) is 52.0. The van der Waals surface area contributed by atoms with Gasteiger partial charge >= 0.3 is 0 Å². The van der Waals surface area contributed by atoms with E-state index < -0.39 is 0 Å². The van der Waals surface area contributed by atoms with Gasteiger partial charge in [-0.25, -0.2) is 4.98 Å². The van der Waals surface area contributed by atoms with Crippen molar-refractivity contribution in [2.75, 3.05) is 9.80 Å². The van der Waals surface area contributed by atoms with Crippen molar-refractivity contribution in [3.63, 3.8) is 0 Å². The van der Waals surface area contributed by atoms with Crippen molar-refractivity contribution < 1.29 is 0 Å². The van der Waals surface area contributed by atoms with Crippen LogP contribution in [-0.4, -0.2) is 9.97 Å². The van der Waals surface area contributed by atoms with E-state index in [9.17, 15) is 0 Å². The van der Waals surface area contributed by atoms with Crippen LogP contribution < -0.4 is 9.80 Å². The van der Waals surface area contributed by atoms with E-state index in [2.05, 4.69) is 179 Å². The predicted octanol–water partition coefficient (Wildman–Crippen LogP) is 13.8. The molecular weight excluding hydrogens is 657 g/mol. The molecule has 7 aromatic carbocycles. The quantitative estimate of drug-likeness (QED) is 0.158. The summed E-state index contributed by atoms with van der Waals surface area (Å²) in [4.78, 5) is 14.7. The van der Waals surface area contributed by atoms with Gasteiger partial charge in [-0.15, -0.1) is 0 Å². The Kier molecular flexibility index (Phi) is 9.27. The molecule has 1 aromatic heterocycles. The molecule has 0 atom stereocenters. The first-order valence-corrected chi connectivity index (χ1v) is 18.6. The lowest BCUT2D eigenvalue weighted by atomic mass is 9.95. The minimum absolute atomic E-state index is 0.740. The first kappa shape index (κ1) is 34.6. The highest BCUT2D eigenvalue weighted by atomic mass is 15.2. The molecule has 8 aromatic rings. The standard InChI is InChI=1S/C50H44N4/c1-33-27-35(3)49(36(4)28-33)54(50-37(5)29-34(2)30-38(50)6)43-24-22-42(23-25-43)53(47-32-51-31-45(52-47)40-16-9-7-10-17-40)46-26-21-39-15-13-14-20-44(39)48(46)41-18-11-8-12-19-41/h7-32H,1-6H3. The molecule has 4 nitrogen and oxygen atoms in total. The molecule has 0 saturated heterocycles. The highest BCUT2D eigenvalue weighted by Gasteiger charge is 2.24. The van der Waals surface area contributed by atoms with Gasteiger partial charge in [-0.2, -0.15) is 0 Å². The number of hydrogen-bond donors (Lipinski definition) is 0. The zero-order valence-corrected chi connectivity index (χ0v) is 31.8. The number of aromatic nitrogens is 2. The fourth-order valence-electron chi connectivity index (χ4n) is 8.13. The summed E-state index contributed by atoms with van der Waals surface area (Å²) in [6.07, 6.45) is 3.71. The minimum Gasteiger partial charge on any atom is -0.309 e. The molecule has 0 spiro atoms. The molecule has 0 amide bonds. The Bertz CT molecular complexity index is 2510. The predicted molar refractivity (Wildman–Crippen MR) is 228 cm³/mol. The third-order valence-corrected chi connectivity index (χ3v) is 10.2. The molecule has 0 fully saturated rings. The van der Waals surface area contributed by atoms with Crippen LogP contribution in [0, 0.1) is 41.5 Å². The van der Waals surface area contributed by atoms with Gasteiger partial charge in [0.15, 0.2) is 5.82 Å². The molecular formula is C50H44N4. The van der Waals surface area contributed by atoms with Crippen molar-refractivity contribution in [1.29, 1.82) is 0 Å². The average molecular weight is 701 g/mol. The summed E-state index contributed by atoms with van der Waals surface area (Å²) < 4.78 is 0. The number of anilines is 6. The maximum absolute atomic E-state index is 5.28. The van der Waals surface area contributed by atoms with Crippen LogP contribution in [-0.2, 0) is 0 Å². The fourth-order valence-corrected chi connectivity index (χ4v) is 8.13. The van der Waals surface area contributed by atoms with Crippen LogP contribution in [0.1, 0.15) is 33.4 Å². The highest BCUT2D eigenvalue weighted by molar-refractivity contribution is 6.05. The zero-order valence-electron chi connectivity index (χ0n) is 31.8. The minimum atomic E-state index is 0.740. The van der Waals surface area contributed by atoms with E-state index in [-0.39, 0.29) is 0 Å². The van der Waals surface area contributed by atoms with Gasteiger partial charge in [0.2, 0.25) is 0 Å². The first-order valence-electron chi connectivity index (χ1n) is 18.6. The van der Waals surface area contributed by atoms with Gasteiger partial charge in [0.25, 0.3) is 0 Å². The molecule has 1 heterocycles. The Labute approximate surface area is 319 Å².